The maximum absolute atomic E-state index is 12.2. The summed E-state index contributed by atoms with van der Waals surface area (Å²) in [7, 11) is 0. The molecule has 0 radical (unpaired) electrons. The highest BCUT2D eigenvalue weighted by molar-refractivity contribution is 6.43. The van der Waals surface area contributed by atoms with Crippen molar-refractivity contribution in [3.05, 3.63) is 33.8 Å². The average molecular weight is 358 g/mol. The number of hydrogen-bond acceptors (Lipinski definition) is 3. The zero-order valence-corrected chi connectivity index (χ0v) is 14.8. The second kappa shape index (κ2) is 8.02. The molecule has 6 heteroatoms. The van der Waals surface area contributed by atoms with Gasteiger partial charge in [-0.3, -0.25) is 4.79 Å². The van der Waals surface area contributed by atoms with Crippen molar-refractivity contribution in [1.29, 1.82) is 0 Å². The van der Waals surface area contributed by atoms with Gasteiger partial charge in [-0.2, -0.15) is 0 Å². The molecular formula is C17H21Cl2NO3. The van der Waals surface area contributed by atoms with Crippen LogP contribution in [0, 0.1) is 5.92 Å². The number of carbonyl (C=O) groups is 2. The first-order valence-electron chi connectivity index (χ1n) is 7.85. The van der Waals surface area contributed by atoms with Gasteiger partial charge in [0.25, 0.3) is 5.91 Å². The lowest BCUT2D eigenvalue weighted by atomic mass is 9.86. The second-order valence-corrected chi connectivity index (χ2v) is 6.81. The zero-order chi connectivity index (χ0) is 17.0. The molecule has 0 aromatic heterocycles. The van der Waals surface area contributed by atoms with Crippen LogP contribution in [0.3, 0.4) is 0 Å². The summed E-state index contributed by atoms with van der Waals surface area (Å²) in [5, 5.41) is 3.38. The van der Waals surface area contributed by atoms with Crippen molar-refractivity contribution in [3.8, 4) is 0 Å². The summed E-state index contributed by atoms with van der Waals surface area (Å²) >= 11 is 11.9. The van der Waals surface area contributed by atoms with Gasteiger partial charge >= 0.3 is 5.97 Å². The number of hydrogen-bond donors (Lipinski definition) is 1. The Morgan fingerprint density at radius 3 is 2.65 bits per heavy atom. The van der Waals surface area contributed by atoms with Gasteiger partial charge in [-0.15, -0.1) is 0 Å². The standard InChI is InChI=1S/C17H21Cl2NO3/c1-10-6-3-4-9-14(10)20-16(21)11(2)23-17(22)12-7-5-8-13(18)15(12)19/h5,7-8,10-11,14H,3-4,6,9H2,1-2H3,(H,20,21)/t10-,11+,14-/m0/s1. The monoisotopic (exact) mass is 357 g/mol. The smallest absolute Gasteiger partial charge is 0.340 e. The number of nitrogens with one attached hydrogen (secondary N) is 1. The largest absolute Gasteiger partial charge is 0.449 e. The molecule has 1 amide bonds. The maximum Gasteiger partial charge on any atom is 0.340 e. The van der Waals surface area contributed by atoms with Gasteiger partial charge in [0, 0.05) is 6.04 Å². The first-order valence-corrected chi connectivity index (χ1v) is 8.61. The fourth-order valence-corrected chi connectivity index (χ4v) is 3.15. The van der Waals surface area contributed by atoms with Crippen LogP contribution in [0.15, 0.2) is 18.2 Å². The predicted molar refractivity (Wildman–Crippen MR) is 90.9 cm³/mol. The molecule has 1 aromatic rings. The first-order chi connectivity index (χ1) is 10.9. The van der Waals surface area contributed by atoms with Gasteiger partial charge < -0.3 is 10.1 Å². The van der Waals surface area contributed by atoms with Crippen molar-refractivity contribution in [2.75, 3.05) is 0 Å². The highest BCUT2D eigenvalue weighted by atomic mass is 35.5. The quantitative estimate of drug-likeness (QED) is 0.820. The molecule has 1 aliphatic rings. The van der Waals surface area contributed by atoms with E-state index in [2.05, 4.69) is 12.2 Å². The SMILES string of the molecule is C[C@@H](OC(=O)c1cccc(Cl)c1Cl)C(=O)N[C@H]1CCCC[C@@H]1C. The van der Waals surface area contributed by atoms with Crippen LogP contribution in [-0.2, 0) is 9.53 Å². The molecular weight excluding hydrogens is 337 g/mol. The number of ether oxygens (including phenoxy) is 1. The van der Waals surface area contributed by atoms with Gasteiger partial charge in [-0.25, -0.2) is 4.79 Å². The lowest BCUT2D eigenvalue weighted by molar-refractivity contribution is -0.130. The predicted octanol–water partition coefficient (Wildman–Crippen LogP) is 4.23. The molecule has 126 valence electrons. The molecule has 0 unspecified atom stereocenters. The minimum Gasteiger partial charge on any atom is -0.449 e. The van der Waals surface area contributed by atoms with Crippen LogP contribution in [0.5, 0.6) is 0 Å². The van der Waals surface area contributed by atoms with Crippen LogP contribution < -0.4 is 5.32 Å². The van der Waals surface area contributed by atoms with Crippen LogP contribution in [0.1, 0.15) is 49.9 Å². The minimum atomic E-state index is -0.883. The number of benzene rings is 1. The highest BCUT2D eigenvalue weighted by Gasteiger charge is 2.27. The molecule has 1 aromatic carbocycles. The molecule has 2 rings (SSSR count). The Balaban J connectivity index is 1.95. The van der Waals surface area contributed by atoms with E-state index < -0.39 is 12.1 Å². The Labute approximate surface area is 146 Å². The van der Waals surface area contributed by atoms with E-state index >= 15 is 0 Å². The summed E-state index contributed by atoms with van der Waals surface area (Å²) in [5.74, 6) is -0.495. The van der Waals surface area contributed by atoms with Crippen LogP contribution in [0.4, 0.5) is 0 Å². The zero-order valence-electron chi connectivity index (χ0n) is 13.3. The molecule has 3 atom stereocenters. The van der Waals surface area contributed by atoms with E-state index in [-0.39, 0.29) is 27.6 Å². The number of halogens is 2. The van der Waals surface area contributed by atoms with Gasteiger partial charge in [0.2, 0.25) is 0 Å². The van der Waals surface area contributed by atoms with Crippen molar-refractivity contribution >= 4 is 35.1 Å². The molecule has 0 bridgehead atoms. The summed E-state index contributed by atoms with van der Waals surface area (Å²) in [5.41, 5.74) is 0.157. The highest BCUT2D eigenvalue weighted by Crippen LogP contribution is 2.26. The second-order valence-electron chi connectivity index (χ2n) is 6.03. The number of rotatable bonds is 4. The van der Waals surface area contributed by atoms with Crippen molar-refractivity contribution in [2.24, 2.45) is 5.92 Å². The van der Waals surface area contributed by atoms with Crippen molar-refractivity contribution in [2.45, 2.75) is 51.7 Å². The van der Waals surface area contributed by atoms with Crippen molar-refractivity contribution in [3.63, 3.8) is 0 Å². The van der Waals surface area contributed by atoms with E-state index in [0.29, 0.717) is 5.92 Å². The van der Waals surface area contributed by atoms with E-state index in [9.17, 15) is 9.59 Å². The van der Waals surface area contributed by atoms with Crippen LogP contribution in [-0.4, -0.2) is 24.0 Å². The lowest BCUT2D eigenvalue weighted by Crippen LogP contribution is -2.46. The van der Waals surface area contributed by atoms with Gasteiger partial charge in [-0.1, -0.05) is 49.0 Å². The summed E-state index contributed by atoms with van der Waals surface area (Å²) in [6, 6.07) is 4.86. The van der Waals surface area contributed by atoms with Crippen molar-refractivity contribution in [1.82, 2.24) is 5.32 Å². The Morgan fingerprint density at radius 2 is 1.96 bits per heavy atom. The normalized spacial score (nSPS) is 22.3. The summed E-state index contributed by atoms with van der Waals surface area (Å²) in [6.07, 6.45) is 3.50. The Bertz CT molecular complexity index is 591. The van der Waals surface area contributed by atoms with E-state index in [1.165, 1.54) is 12.5 Å². The van der Waals surface area contributed by atoms with Gasteiger partial charge in [0.15, 0.2) is 6.10 Å². The van der Waals surface area contributed by atoms with Crippen LogP contribution >= 0.6 is 23.2 Å². The fourth-order valence-electron chi connectivity index (χ4n) is 2.77. The average Bonchev–Trinajstić information content (AvgIpc) is 2.52. The molecule has 1 saturated carbocycles. The lowest BCUT2D eigenvalue weighted by Gasteiger charge is -2.30. The van der Waals surface area contributed by atoms with Gasteiger partial charge in [0.05, 0.1) is 15.6 Å². The van der Waals surface area contributed by atoms with E-state index in [1.807, 2.05) is 0 Å². The molecule has 1 N–H and O–H groups in total. The molecule has 0 aliphatic heterocycles. The molecule has 1 fully saturated rings. The molecule has 0 heterocycles. The van der Waals surface area contributed by atoms with Crippen LogP contribution in [0.25, 0.3) is 0 Å². The number of carbonyl (C=O) groups excluding carboxylic acids is 2. The summed E-state index contributed by atoms with van der Waals surface area (Å²) in [4.78, 5) is 24.4. The number of amides is 1. The third kappa shape index (κ3) is 4.61. The number of esters is 1. The molecule has 0 saturated heterocycles. The summed E-state index contributed by atoms with van der Waals surface area (Å²) in [6.45, 7) is 3.69. The third-order valence-corrected chi connectivity index (χ3v) is 5.08. The van der Waals surface area contributed by atoms with E-state index in [0.717, 1.165) is 19.3 Å². The molecule has 4 nitrogen and oxygen atoms in total. The third-order valence-electron chi connectivity index (χ3n) is 4.26. The summed E-state index contributed by atoms with van der Waals surface area (Å²) < 4.78 is 5.22. The van der Waals surface area contributed by atoms with Gasteiger partial charge in [0.1, 0.15) is 0 Å². The Morgan fingerprint density at radius 1 is 1.26 bits per heavy atom. The topological polar surface area (TPSA) is 55.4 Å². The Kier molecular flexibility index (Phi) is 6.31. The maximum atomic E-state index is 12.2. The van der Waals surface area contributed by atoms with Crippen LogP contribution in [0.2, 0.25) is 10.0 Å². The molecule has 0 spiro atoms. The van der Waals surface area contributed by atoms with Crippen molar-refractivity contribution < 1.29 is 14.3 Å². The molecule has 23 heavy (non-hydrogen) atoms. The fraction of sp³-hybridized carbons (Fsp3) is 0.529. The minimum absolute atomic E-state index is 0.132. The first kappa shape index (κ1) is 18.1. The van der Waals surface area contributed by atoms with E-state index in [1.54, 1.807) is 19.1 Å². The molecule has 1 aliphatic carbocycles. The van der Waals surface area contributed by atoms with Gasteiger partial charge in [-0.05, 0) is 37.8 Å². The van der Waals surface area contributed by atoms with E-state index in [4.69, 9.17) is 27.9 Å². The Hall–Kier alpha value is -1.26.